The smallest absolute Gasteiger partial charge is 0.208 e. The molecule has 1 heterocycles. The first-order chi connectivity index (χ1) is 7.17. The topological polar surface area (TPSA) is 49.5 Å². The Labute approximate surface area is 90.2 Å². The van der Waals surface area contributed by atoms with Gasteiger partial charge < -0.3 is 9.52 Å². The quantitative estimate of drug-likeness (QED) is 0.718. The van der Waals surface area contributed by atoms with Crippen LogP contribution in [0.15, 0.2) is 17.1 Å². The second-order valence-corrected chi connectivity index (χ2v) is 3.50. The standard InChI is InChI=1S/C11H18N2O2/c1-4-5-13(6-7-14)8-11-12-9(2)10(3)15-11/h4,14H,1,5-8H2,2-3H3. The molecule has 0 bridgehead atoms. The zero-order valence-electron chi connectivity index (χ0n) is 9.36. The van der Waals surface area contributed by atoms with Gasteiger partial charge in [0.1, 0.15) is 5.76 Å². The van der Waals surface area contributed by atoms with Crippen molar-refractivity contribution in [3.05, 3.63) is 30.0 Å². The van der Waals surface area contributed by atoms with Crippen LogP contribution in [0, 0.1) is 13.8 Å². The first-order valence-corrected chi connectivity index (χ1v) is 5.04. The Morgan fingerprint density at radius 3 is 2.73 bits per heavy atom. The predicted molar refractivity (Wildman–Crippen MR) is 58.5 cm³/mol. The number of aliphatic hydroxyl groups excluding tert-OH is 1. The van der Waals surface area contributed by atoms with Crippen molar-refractivity contribution in [1.82, 2.24) is 9.88 Å². The lowest BCUT2D eigenvalue weighted by Crippen LogP contribution is -2.26. The van der Waals surface area contributed by atoms with Gasteiger partial charge in [-0.1, -0.05) is 6.08 Å². The van der Waals surface area contributed by atoms with Crippen LogP contribution in [0.2, 0.25) is 0 Å². The van der Waals surface area contributed by atoms with E-state index in [1.165, 1.54) is 0 Å². The van der Waals surface area contributed by atoms with Gasteiger partial charge in [0.2, 0.25) is 5.89 Å². The summed E-state index contributed by atoms with van der Waals surface area (Å²) in [4.78, 5) is 6.32. The van der Waals surface area contributed by atoms with Gasteiger partial charge in [-0.15, -0.1) is 6.58 Å². The van der Waals surface area contributed by atoms with Crippen LogP contribution in [0.4, 0.5) is 0 Å². The van der Waals surface area contributed by atoms with Crippen LogP contribution in [0.5, 0.6) is 0 Å². The molecule has 0 fully saturated rings. The molecule has 15 heavy (non-hydrogen) atoms. The molecule has 0 unspecified atom stereocenters. The van der Waals surface area contributed by atoms with Crippen molar-refractivity contribution in [3.8, 4) is 0 Å². The average Bonchev–Trinajstić information content (AvgIpc) is 2.47. The molecule has 1 aromatic rings. The molecule has 0 aliphatic heterocycles. The fourth-order valence-corrected chi connectivity index (χ4v) is 1.36. The summed E-state index contributed by atoms with van der Waals surface area (Å²) in [7, 11) is 0. The first kappa shape index (κ1) is 11.9. The summed E-state index contributed by atoms with van der Waals surface area (Å²) < 4.78 is 5.47. The Hall–Kier alpha value is -1.13. The number of hydrogen-bond acceptors (Lipinski definition) is 4. The van der Waals surface area contributed by atoms with Crippen LogP contribution in [0.25, 0.3) is 0 Å². The third-order valence-electron chi connectivity index (χ3n) is 2.24. The number of aromatic nitrogens is 1. The molecule has 0 amide bonds. The van der Waals surface area contributed by atoms with Gasteiger partial charge in [-0.05, 0) is 13.8 Å². The number of aliphatic hydroxyl groups is 1. The van der Waals surface area contributed by atoms with E-state index in [0.717, 1.165) is 18.0 Å². The fourth-order valence-electron chi connectivity index (χ4n) is 1.36. The van der Waals surface area contributed by atoms with Crippen molar-refractivity contribution in [2.75, 3.05) is 19.7 Å². The largest absolute Gasteiger partial charge is 0.444 e. The maximum absolute atomic E-state index is 8.87. The summed E-state index contributed by atoms with van der Waals surface area (Å²) in [5.41, 5.74) is 0.924. The molecule has 0 atom stereocenters. The van der Waals surface area contributed by atoms with Gasteiger partial charge in [0.15, 0.2) is 0 Å². The molecule has 4 heteroatoms. The van der Waals surface area contributed by atoms with Crippen LogP contribution in [0.1, 0.15) is 17.3 Å². The van der Waals surface area contributed by atoms with Crippen molar-refractivity contribution in [2.24, 2.45) is 0 Å². The number of hydrogen-bond donors (Lipinski definition) is 1. The summed E-state index contributed by atoms with van der Waals surface area (Å²) in [6.07, 6.45) is 1.80. The Morgan fingerprint density at radius 1 is 1.53 bits per heavy atom. The highest BCUT2D eigenvalue weighted by atomic mass is 16.4. The number of rotatable bonds is 6. The first-order valence-electron chi connectivity index (χ1n) is 5.04. The van der Waals surface area contributed by atoms with E-state index in [2.05, 4.69) is 11.6 Å². The van der Waals surface area contributed by atoms with E-state index in [1.54, 1.807) is 6.08 Å². The maximum Gasteiger partial charge on any atom is 0.208 e. The number of oxazole rings is 1. The van der Waals surface area contributed by atoms with Crippen molar-refractivity contribution < 1.29 is 9.52 Å². The molecule has 0 aliphatic rings. The van der Waals surface area contributed by atoms with E-state index >= 15 is 0 Å². The van der Waals surface area contributed by atoms with Gasteiger partial charge in [-0.2, -0.15) is 0 Å². The van der Waals surface area contributed by atoms with Crippen molar-refractivity contribution in [3.63, 3.8) is 0 Å². The number of nitrogens with zero attached hydrogens (tertiary/aromatic N) is 2. The molecule has 0 radical (unpaired) electrons. The SMILES string of the molecule is C=CCN(CCO)Cc1nc(C)c(C)o1. The molecule has 1 N–H and O–H groups in total. The highest BCUT2D eigenvalue weighted by molar-refractivity contribution is 5.05. The van der Waals surface area contributed by atoms with Gasteiger partial charge >= 0.3 is 0 Å². The van der Waals surface area contributed by atoms with Crippen molar-refractivity contribution >= 4 is 0 Å². The Morgan fingerprint density at radius 2 is 2.27 bits per heavy atom. The van der Waals surface area contributed by atoms with Crippen LogP contribution in [0.3, 0.4) is 0 Å². The van der Waals surface area contributed by atoms with E-state index in [0.29, 0.717) is 19.0 Å². The Kier molecular flexibility index (Phi) is 4.52. The predicted octanol–water partition coefficient (Wildman–Crippen LogP) is 1.27. The zero-order valence-corrected chi connectivity index (χ0v) is 9.36. The van der Waals surface area contributed by atoms with Gasteiger partial charge in [0.05, 0.1) is 18.8 Å². The van der Waals surface area contributed by atoms with Crippen LogP contribution >= 0.6 is 0 Å². The molecule has 0 saturated heterocycles. The van der Waals surface area contributed by atoms with Gasteiger partial charge in [0.25, 0.3) is 0 Å². The third-order valence-corrected chi connectivity index (χ3v) is 2.24. The van der Waals surface area contributed by atoms with Gasteiger partial charge in [-0.3, -0.25) is 4.90 Å². The van der Waals surface area contributed by atoms with E-state index < -0.39 is 0 Å². The minimum absolute atomic E-state index is 0.131. The molecule has 0 aliphatic carbocycles. The summed E-state index contributed by atoms with van der Waals surface area (Å²) in [5, 5.41) is 8.87. The molecule has 0 saturated carbocycles. The maximum atomic E-state index is 8.87. The van der Waals surface area contributed by atoms with E-state index in [-0.39, 0.29) is 6.61 Å². The van der Waals surface area contributed by atoms with Gasteiger partial charge in [0, 0.05) is 13.1 Å². The van der Waals surface area contributed by atoms with E-state index in [1.807, 2.05) is 18.7 Å². The normalized spacial score (nSPS) is 10.9. The fraction of sp³-hybridized carbons (Fsp3) is 0.545. The average molecular weight is 210 g/mol. The minimum Gasteiger partial charge on any atom is -0.444 e. The van der Waals surface area contributed by atoms with Crippen molar-refractivity contribution in [2.45, 2.75) is 20.4 Å². The second kappa shape index (κ2) is 5.68. The molecule has 0 spiro atoms. The molecule has 1 aromatic heterocycles. The lowest BCUT2D eigenvalue weighted by atomic mass is 10.4. The minimum atomic E-state index is 0.131. The monoisotopic (exact) mass is 210 g/mol. The Bertz CT molecular complexity index is 301. The van der Waals surface area contributed by atoms with Crippen LogP contribution in [-0.4, -0.2) is 34.7 Å². The molecular formula is C11H18N2O2. The van der Waals surface area contributed by atoms with Crippen LogP contribution in [-0.2, 0) is 6.54 Å². The summed E-state index contributed by atoms with van der Waals surface area (Å²) in [6.45, 7) is 9.56. The van der Waals surface area contributed by atoms with E-state index in [4.69, 9.17) is 9.52 Å². The molecule has 84 valence electrons. The van der Waals surface area contributed by atoms with Crippen molar-refractivity contribution in [1.29, 1.82) is 0 Å². The zero-order chi connectivity index (χ0) is 11.3. The summed E-state index contributed by atoms with van der Waals surface area (Å²) in [5.74, 6) is 1.55. The number of aryl methyl sites for hydroxylation is 2. The lowest BCUT2D eigenvalue weighted by molar-refractivity contribution is 0.191. The van der Waals surface area contributed by atoms with Crippen LogP contribution < -0.4 is 0 Å². The third kappa shape index (κ3) is 3.49. The summed E-state index contributed by atoms with van der Waals surface area (Å²) >= 11 is 0. The summed E-state index contributed by atoms with van der Waals surface area (Å²) in [6, 6.07) is 0. The molecule has 1 rings (SSSR count). The molecule has 0 aromatic carbocycles. The highest BCUT2D eigenvalue weighted by Gasteiger charge is 2.09. The highest BCUT2D eigenvalue weighted by Crippen LogP contribution is 2.10. The van der Waals surface area contributed by atoms with Gasteiger partial charge in [-0.25, -0.2) is 4.98 Å². The molecule has 4 nitrogen and oxygen atoms in total. The lowest BCUT2D eigenvalue weighted by Gasteiger charge is -2.16. The Balaban J connectivity index is 2.60. The van der Waals surface area contributed by atoms with E-state index in [9.17, 15) is 0 Å². The molecular weight excluding hydrogens is 192 g/mol. The second-order valence-electron chi connectivity index (χ2n) is 3.50.